The van der Waals surface area contributed by atoms with Crippen LogP contribution in [0.15, 0.2) is 28.7 Å². The summed E-state index contributed by atoms with van der Waals surface area (Å²) in [6, 6.07) is 7.26. The number of carbonyl (C=O) groups excluding carboxylic acids is 2. The van der Waals surface area contributed by atoms with Gasteiger partial charge in [-0.2, -0.15) is 0 Å². The van der Waals surface area contributed by atoms with Gasteiger partial charge in [0.05, 0.1) is 0 Å². The van der Waals surface area contributed by atoms with Crippen molar-refractivity contribution in [1.29, 1.82) is 0 Å². The SMILES string of the molecule is O=C(c1ccc(Br)cc1)N1CCN(C(=O)C2(O)CC2)CC1. The van der Waals surface area contributed by atoms with E-state index in [0.717, 1.165) is 4.47 Å². The number of aliphatic hydroxyl groups is 1. The first kappa shape index (κ1) is 14.5. The molecule has 112 valence electrons. The normalized spacial score (nSPS) is 20.3. The molecular weight excluding hydrogens is 336 g/mol. The summed E-state index contributed by atoms with van der Waals surface area (Å²) in [4.78, 5) is 27.8. The van der Waals surface area contributed by atoms with E-state index in [-0.39, 0.29) is 11.8 Å². The van der Waals surface area contributed by atoms with Crippen LogP contribution in [0.3, 0.4) is 0 Å². The molecule has 1 N–H and O–H groups in total. The van der Waals surface area contributed by atoms with Crippen molar-refractivity contribution in [1.82, 2.24) is 9.80 Å². The van der Waals surface area contributed by atoms with E-state index in [1.165, 1.54) is 0 Å². The summed E-state index contributed by atoms with van der Waals surface area (Å²) >= 11 is 3.35. The molecule has 21 heavy (non-hydrogen) atoms. The Morgan fingerprint density at radius 2 is 1.52 bits per heavy atom. The Labute approximate surface area is 131 Å². The zero-order valence-corrected chi connectivity index (χ0v) is 13.2. The molecule has 0 radical (unpaired) electrons. The average molecular weight is 353 g/mol. The number of carbonyl (C=O) groups is 2. The third-order valence-corrected chi connectivity index (χ3v) is 4.60. The minimum absolute atomic E-state index is 0.0141. The van der Waals surface area contributed by atoms with Crippen molar-refractivity contribution in [2.24, 2.45) is 0 Å². The predicted molar refractivity (Wildman–Crippen MR) is 80.8 cm³/mol. The van der Waals surface area contributed by atoms with Crippen LogP contribution in [0, 0.1) is 0 Å². The molecule has 1 aliphatic heterocycles. The fraction of sp³-hybridized carbons (Fsp3) is 0.467. The molecule has 2 amide bonds. The van der Waals surface area contributed by atoms with E-state index in [2.05, 4.69) is 15.9 Å². The van der Waals surface area contributed by atoms with Crippen molar-refractivity contribution in [3.8, 4) is 0 Å². The first-order valence-corrected chi connectivity index (χ1v) is 7.85. The second-order valence-electron chi connectivity index (χ2n) is 5.62. The van der Waals surface area contributed by atoms with Gasteiger partial charge in [0.2, 0.25) is 0 Å². The first-order valence-electron chi connectivity index (χ1n) is 7.06. The van der Waals surface area contributed by atoms with Gasteiger partial charge < -0.3 is 14.9 Å². The van der Waals surface area contributed by atoms with Crippen LogP contribution in [0.1, 0.15) is 23.2 Å². The molecule has 6 heteroatoms. The topological polar surface area (TPSA) is 60.9 Å². The lowest BCUT2D eigenvalue weighted by atomic mass is 10.1. The number of hydrogen-bond donors (Lipinski definition) is 1. The van der Waals surface area contributed by atoms with Crippen LogP contribution in [0.25, 0.3) is 0 Å². The number of benzene rings is 1. The molecule has 1 aliphatic carbocycles. The number of piperazine rings is 1. The molecule has 1 aromatic rings. The minimum atomic E-state index is -1.11. The highest BCUT2D eigenvalue weighted by atomic mass is 79.9. The molecule has 0 unspecified atom stereocenters. The summed E-state index contributed by atoms with van der Waals surface area (Å²) in [6.07, 6.45) is 1.12. The van der Waals surface area contributed by atoms with Gasteiger partial charge >= 0.3 is 0 Å². The Morgan fingerprint density at radius 1 is 1.00 bits per heavy atom. The van der Waals surface area contributed by atoms with Gasteiger partial charge in [-0.1, -0.05) is 15.9 Å². The largest absolute Gasteiger partial charge is 0.380 e. The first-order chi connectivity index (χ1) is 9.99. The lowest BCUT2D eigenvalue weighted by molar-refractivity contribution is -0.143. The van der Waals surface area contributed by atoms with Gasteiger partial charge in [-0.25, -0.2) is 0 Å². The highest BCUT2D eigenvalue weighted by Crippen LogP contribution is 2.37. The fourth-order valence-corrected chi connectivity index (χ4v) is 2.78. The number of hydrogen-bond acceptors (Lipinski definition) is 3. The van der Waals surface area contributed by atoms with Crippen LogP contribution >= 0.6 is 15.9 Å². The average Bonchev–Trinajstić information content (AvgIpc) is 3.26. The van der Waals surface area contributed by atoms with Gasteiger partial charge in [-0.05, 0) is 37.1 Å². The molecule has 0 atom stereocenters. The monoisotopic (exact) mass is 352 g/mol. The maximum atomic E-state index is 12.4. The molecule has 1 aromatic carbocycles. The summed E-state index contributed by atoms with van der Waals surface area (Å²) in [5.41, 5.74) is -0.462. The molecular formula is C15H17BrN2O3. The third-order valence-electron chi connectivity index (χ3n) is 4.07. The molecule has 2 fully saturated rings. The quantitative estimate of drug-likeness (QED) is 0.871. The lowest BCUT2D eigenvalue weighted by Gasteiger charge is -2.35. The number of amides is 2. The van der Waals surface area contributed by atoms with Crippen LogP contribution in [0.2, 0.25) is 0 Å². The maximum absolute atomic E-state index is 12.4. The summed E-state index contributed by atoms with van der Waals surface area (Å²) in [6.45, 7) is 2.00. The molecule has 1 heterocycles. The van der Waals surface area contributed by atoms with Gasteiger partial charge in [0, 0.05) is 36.2 Å². The summed E-state index contributed by atoms with van der Waals surface area (Å²) in [7, 11) is 0. The van der Waals surface area contributed by atoms with Crippen LogP contribution in [-0.4, -0.2) is 58.5 Å². The highest BCUT2D eigenvalue weighted by molar-refractivity contribution is 9.10. The Bertz CT molecular complexity index is 561. The Hall–Kier alpha value is -1.40. The van der Waals surface area contributed by atoms with E-state index < -0.39 is 5.60 Å². The molecule has 0 bridgehead atoms. The zero-order valence-electron chi connectivity index (χ0n) is 11.6. The molecule has 5 nitrogen and oxygen atoms in total. The minimum Gasteiger partial charge on any atom is -0.380 e. The Morgan fingerprint density at radius 3 is 2.05 bits per heavy atom. The predicted octanol–water partition coefficient (Wildman–Crippen LogP) is 1.26. The zero-order chi connectivity index (χ0) is 15.0. The number of halogens is 1. The van der Waals surface area contributed by atoms with Crippen molar-refractivity contribution in [2.45, 2.75) is 18.4 Å². The van der Waals surface area contributed by atoms with E-state index in [9.17, 15) is 14.7 Å². The molecule has 1 saturated heterocycles. The third kappa shape index (κ3) is 2.96. The van der Waals surface area contributed by atoms with Gasteiger partial charge in [0.1, 0.15) is 5.60 Å². The van der Waals surface area contributed by atoms with E-state index in [0.29, 0.717) is 44.6 Å². The maximum Gasteiger partial charge on any atom is 0.254 e. The van der Waals surface area contributed by atoms with Crippen LogP contribution < -0.4 is 0 Å². The second-order valence-corrected chi connectivity index (χ2v) is 6.54. The van der Waals surface area contributed by atoms with Gasteiger partial charge in [-0.15, -0.1) is 0 Å². The van der Waals surface area contributed by atoms with Crippen LogP contribution in [-0.2, 0) is 4.79 Å². The molecule has 1 saturated carbocycles. The molecule has 0 spiro atoms. The van der Waals surface area contributed by atoms with E-state index in [4.69, 9.17) is 0 Å². The van der Waals surface area contributed by atoms with Gasteiger partial charge in [-0.3, -0.25) is 9.59 Å². The van der Waals surface area contributed by atoms with Gasteiger partial charge in [0.25, 0.3) is 11.8 Å². The van der Waals surface area contributed by atoms with E-state index in [1.807, 2.05) is 12.1 Å². The van der Waals surface area contributed by atoms with E-state index >= 15 is 0 Å². The number of nitrogens with zero attached hydrogens (tertiary/aromatic N) is 2. The van der Waals surface area contributed by atoms with Crippen LogP contribution in [0.4, 0.5) is 0 Å². The van der Waals surface area contributed by atoms with Crippen molar-refractivity contribution in [3.05, 3.63) is 34.3 Å². The van der Waals surface area contributed by atoms with Crippen molar-refractivity contribution in [2.75, 3.05) is 26.2 Å². The molecule has 0 aromatic heterocycles. The van der Waals surface area contributed by atoms with Crippen molar-refractivity contribution in [3.63, 3.8) is 0 Å². The highest BCUT2D eigenvalue weighted by Gasteiger charge is 2.50. The van der Waals surface area contributed by atoms with Crippen molar-refractivity contribution < 1.29 is 14.7 Å². The van der Waals surface area contributed by atoms with Gasteiger partial charge in [0.15, 0.2) is 0 Å². The summed E-state index contributed by atoms with van der Waals surface area (Å²) in [5.74, 6) is -0.196. The number of rotatable bonds is 2. The summed E-state index contributed by atoms with van der Waals surface area (Å²) < 4.78 is 0.937. The Balaban J connectivity index is 1.59. The summed E-state index contributed by atoms with van der Waals surface area (Å²) in [5, 5.41) is 9.85. The lowest BCUT2D eigenvalue weighted by Crippen LogP contribution is -2.53. The Kier molecular flexibility index (Phi) is 3.75. The standard InChI is InChI=1S/C15H17BrN2O3/c16-12-3-1-11(2-4-12)13(19)17-7-9-18(10-8-17)14(20)15(21)5-6-15/h1-4,21H,5-10H2. The second kappa shape index (κ2) is 5.42. The molecule has 2 aliphatic rings. The van der Waals surface area contributed by atoms with E-state index in [1.54, 1.807) is 21.9 Å². The smallest absolute Gasteiger partial charge is 0.254 e. The molecule has 3 rings (SSSR count). The van der Waals surface area contributed by atoms with Crippen LogP contribution in [0.5, 0.6) is 0 Å². The fourth-order valence-electron chi connectivity index (χ4n) is 2.51. The van der Waals surface area contributed by atoms with Crippen molar-refractivity contribution >= 4 is 27.7 Å².